The molecule has 19 heavy (non-hydrogen) atoms. The molecule has 0 fully saturated rings. The Bertz CT molecular complexity index is 368. The molecule has 1 aromatic rings. The van der Waals surface area contributed by atoms with Gasteiger partial charge in [0.2, 0.25) is 0 Å². The fourth-order valence-electron chi connectivity index (χ4n) is 2.30. The Balaban J connectivity index is 3.01. The topological polar surface area (TPSA) is 21.3 Å². The quantitative estimate of drug-likeness (QED) is 0.770. The summed E-state index contributed by atoms with van der Waals surface area (Å²) in [5.41, 5.74) is 0.697. The van der Waals surface area contributed by atoms with Crippen molar-refractivity contribution in [1.29, 1.82) is 0 Å². The molecule has 1 N–H and O–H groups in total. The first-order valence-corrected chi connectivity index (χ1v) is 7.21. The third-order valence-corrected chi connectivity index (χ3v) is 3.20. The molecule has 0 heterocycles. The molecule has 0 aromatic heterocycles. The van der Waals surface area contributed by atoms with Gasteiger partial charge >= 0.3 is 0 Å². The second-order valence-electron chi connectivity index (χ2n) is 5.12. The Hall–Kier alpha value is -0.930. The highest BCUT2D eigenvalue weighted by Crippen LogP contribution is 2.26. The maximum atomic E-state index is 14.0. The molecule has 2 unspecified atom stereocenters. The van der Waals surface area contributed by atoms with Gasteiger partial charge in [-0.15, -0.1) is 0 Å². The standard InChI is InChI=1S/C16H26FNO/c1-5-11-18-15(16(12(3)4)19-6-2)13-9-7-8-10-14(13)17/h7-10,12,15-16,18H,5-6,11H2,1-4H3. The zero-order chi connectivity index (χ0) is 14.3. The maximum Gasteiger partial charge on any atom is 0.128 e. The summed E-state index contributed by atoms with van der Waals surface area (Å²) < 4.78 is 19.9. The van der Waals surface area contributed by atoms with Crippen LogP contribution >= 0.6 is 0 Å². The summed E-state index contributed by atoms with van der Waals surface area (Å²) in [6.45, 7) is 9.81. The molecule has 0 spiro atoms. The number of benzene rings is 1. The van der Waals surface area contributed by atoms with E-state index in [-0.39, 0.29) is 18.0 Å². The van der Waals surface area contributed by atoms with E-state index in [0.717, 1.165) is 13.0 Å². The molecule has 2 nitrogen and oxygen atoms in total. The van der Waals surface area contributed by atoms with Crippen molar-refractivity contribution in [1.82, 2.24) is 5.32 Å². The van der Waals surface area contributed by atoms with Crippen LogP contribution in [0.5, 0.6) is 0 Å². The highest BCUT2D eigenvalue weighted by atomic mass is 19.1. The first-order chi connectivity index (χ1) is 9.11. The van der Waals surface area contributed by atoms with Crippen LogP contribution in [0.1, 0.15) is 45.7 Å². The van der Waals surface area contributed by atoms with Crippen molar-refractivity contribution in [2.24, 2.45) is 5.92 Å². The van der Waals surface area contributed by atoms with Gasteiger partial charge in [0.05, 0.1) is 12.1 Å². The highest BCUT2D eigenvalue weighted by molar-refractivity contribution is 5.22. The van der Waals surface area contributed by atoms with Gasteiger partial charge < -0.3 is 10.1 Å². The minimum Gasteiger partial charge on any atom is -0.376 e. The zero-order valence-electron chi connectivity index (χ0n) is 12.4. The van der Waals surface area contributed by atoms with Crippen LogP contribution in [0, 0.1) is 11.7 Å². The van der Waals surface area contributed by atoms with Gasteiger partial charge in [-0.05, 0) is 31.9 Å². The first-order valence-electron chi connectivity index (χ1n) is 7.21. The average Bonchev–Trinajstić information content (AvgIpc) is 2.39. The Morgan fingerprint density at radius 1 is 1.21 bits per heavy atom. The first kappa shape index (κ1) is 16.1. The third-order valence-electron chi connectivity index (χ3n) is 3.20. The van der Waals surface area contributed by atoms with Crippen LogP contribution in [-0.4, -0.2) is 19.3 Å². The molecule has 0 bridgehead atoms. The smallest absolute Gasteiger partial charge is 0.128 e. The van der Waals surface area contributed by atoms with Crippen LogP contribution in [-0.2, 0) is 4.74 Å². The fourth-order valence-corrected chi connectivity index (χ4v) is 2.30. The van der Waals surface area contributed by atoms with Gasteiger partial charge in [-0.3, -0.25) is 0 Å². The van der Waals surface area contributed by atoms with Crippen LogP contribution in [0.2, 0.25) is 0 Å². The summed E-state index contributed by atoms with van der Waals surface area (Å²) >= 11 is 0. The Labute approximate surface area is 116 Å². The van der Waals surface area contributed by atoms with Gasteiger partial charge in [0, 0.05) is 12.2 Å². The molecule has 3 heteroatoms. The van der Waals surface area contributed by atoms with Gasteiger partial charge in [-0.1, -0.05) is 39.0 Å². The lowest BCUT2D eigenvalue weighted by atomic mass is 9.93. The minimum absolute atomic E-state index is 0.0200. The van der Waals surface area contributed by atoms with E-state index >= 15 is 0 Å². The normalized spacial score (nSPS) is 14.6. The van der Waals surface area contributed by atoms with Gasteiger partial charge in [-0.25, -0.2) is 4.39 Å². The molecule has 0 radical (unpaired) electrons. The predicted octanol–water partition coefficient (Wildman–Crippen LogP) is 3.93. The number of hydrogen-bond donors (Lipinski definition) is 1. The average molecular weight is 267 g/mol. The number of halogens is 1. The van der Waals surface area contributed by atoms with E-state index in [2.05, 4.69) is 26.1 Å². The predicted molar refractivity (Wildman–Crippen MR) is 77.7 cm³/mol. The molecule has 1 rings (SSSR count). The molecular weight excluding hydrogens is 241 g/mol. The highest BCUT2D eigenvalue weighted by Gasteiger charge is 2.27. The molecule has 108 valence electrons. The lowest BCUT2D eigenvalue weighted by molar-refractivity contribution is 0.00203. The van der Waals surface area contributed by atoms with Gasteiger partial charge in [0.25, 0.3) is 0 Å². The summed E-state index contributed by atoms with van der Waals surface area (Å²) in [7, 11) is 0. The van der Waals surface area contributed by atoms with E-state index < -0.39 is 0 Å². The fraction of sp³-hybridized carbons (Fsp3) is 0.625. The molecule has 0 amide bonds. The molecular formula is C16H26FNO. The van der Waals surface area contributed by atoms with Gasteiger partial charge in [0.1, 0.15) is 5.82 Å². The van der Waals surface area contributed by atoms with Crippen molar-refractivity contribution >= 4 is 0 Å². The largest absolute Gasteiger partial charge is 0.376 e. The van der Waals surface area contributed by atoms with Crippen LogP contribution in [0.3, 0.4) is 0 Å². The summed E-state index contributed by atoms with van der Waals surface area (Å²) in [4.78, 5) is 0. The molecule has 2 atom stereocenters. The van der Waals surface area contributed by atoms with Crippen molar-refractivity contribution < 1.29 is 9.13 Å². The lowest BCUT2D eigenvalue weighted by Crippen LogP contribution is -2.38. The number of hydrogen-bond acceptors (Lipinski definition) is 2. The summed E-state index contributed by atoms with van der Waals surface area (Å²) in [6, 6.07) is 6.86. The van der Waals surface area contributed by atoms with E-state index in [0.29, 0.717) is 18.1 Å². The molecule has 0 aliphatic heterocycles. The van der Waals surface area contributed by atoms with E-state index in [9.17, 15) is 4.39 Å². The maximum absolute atomic E-state index is 14.0. The molecule has 0 saturated heterocycles. The SMILES string of the molecule is CCCNC(c1ccccc1F)C(OCC)C(C)C. The third kappa shape index (κ3) is 4.59. The summed E-state index contributed by atoms with van der Waals surface area (Å²) in [5, 5.41) is 3.43. The van der Waals surface area contributed by atoms with Crippen molar-refractivity contribution in [2.75, 3.05) is 13.2 Å². The van der Waals surface area contributed by atoms with Crippen molar-refractivity contribution in [2.45, 2.75) is 46.3 Å². The minimum atomic E-state index is -0.165. The Kier molecular flexibility index (Phi) is 7.03. The van der Waals surface area contributed by atoms with E-state index in [1.807, 2.05) is 19.1 Å². The number of nitrogens with one attached hydrogen (secondary N) is 1. The molecule has 0 aliphatic carbocycles. The van der Waals surface area contributed by atoms with Crippen LogP contribution in [0.4, 0.5) is 4.39 Å². The van der Waals surface area contributed by atoms with Crippen LogP contribution < -0.4 is 5.32 Å². The van der Waals surface area contributed by atoms with Gasteiger partial charge in [-0.2, -0.15) is 0 Å². The second kappa shape index (κ2) is 8.28. The van der Waals surface area contributed by atoms with Crippen molar-refractivity contribution in [3.8, 4) is 0 Å². The van der Waals surface area contributed by atoms with Crippen molar-refractivity contribution in [3.05, 3.63) is 35.6 Å². The van der Waals surface area contributed by atoms with E-state index in [1.165, 1.54) is 6.07 Å². The number of ether oxygens (including phenoxy) is 1. The van der Waals surface area contributed by atoms with Gasteiger partial charge in [0.15, 0.2) is 0 Å². The van der Waals surface area contributed by atoms with Crippen LogP contribution in [0.15, 0.2) is 24.3 Å². The monoisotopic (exact) mass is 267 g/mol. The molecule has 0 saturated carbocycles. The number of rotatable bonds is 8. The second-order valence-corrected chi connectivity index (χ2v) is 5.12. The molecule has 0 aliphatic rings. The van der Waals surface area contributed by atoms with Crippen molar-refractivity contribution in [3.63, 3.8) is 0 Å². The zero-order valence-corrected chi connectivity index (χ0v) is 12.4. The Morgan fingerprint density at radius 3 is 2.42 bits per heavy atom. The summed E-state index contributed by atoms with van der Waals surface area (Å²) in [6.07, 6.45) is 0.996. The lowest BCUT2D eigenvalue weighted by Gasteiger charge is -2.31. The van der Waals surface area contributed by atoms with E-state index in [4.69, 9.17) is 4.74 Å². The Morgan fingerprint density at radius 2 is 1.89 bits per heavy atom. The summed E-state index contributed by atoms with van der Waals surface area (Å²) in [5.74, 6) is 0.162. The van der Waals surface area contributed by atoms with E-state index in [1.54, 1.807) is 6.07 Å². The molecule has 1 aromatic carbocycles. The van der Waals surface area contributed by atoms with Crippen LogP contribution in [0.25, 0.3) is 0 Å².